The number of hydrogen-bond acceptors (Lipinski definition) is 3. The van der Waals surface area contributed by atoms with Crippen LogP contribution in [0.4, 0.5) is 0 Å². The van der Waals surface area contributed by atoms with Gasteiger partial charge in [-0.25, -0.2) is 0 Å². The molecule has 0 saturated carbocycles. The second kappa shape index (κ2) is 8.67. The van der Waals surface area contributed by atoms with E-state index < -0.39 is 0 Å². The van der Waals surface area contributed by atoms with Gasteiger partial charge in [0.2, 0.25) is 0 Å². The van der Waals surface area contributed by atoms with Gasteiger partial charge in [-0.3, -0.25) is 0 Å². The fraction of sp³-hybridized carbons (Fsp3) is 0.294. The van der Waals surface area contributed by atoms with E-state index in [1.54, 1.807) is 7.11 Å². The maximum Gasteiger partial charge on any atom is 0.119 e. The zero-order valence-corrected chi connectivity index (χ0v) is 12.7. The first-order chi connectivity index (χ1) is 9.88. The summed E-state index contributed by atoms with van der Waals surface area (Å²) in [4.78, 5) is 1.34. The van der Waals surface area contributed by atoms with Crippen molar-refractivity contribution in [2.75, 3.05) is 26.0 Å². The monoisotopic (exact) mass is 287 g/mol. The normalized spacial score (nSPS) is 10.4. The molecule has 0 atom stereocenters. The highest BCUT2D eigenvalue weighted by Crippen LogP contribution is 2.16. The molecule has 3 heteroatoms. The molecule has 0 aliphatic carbocycles. The van der Waals surface area contributed by atoms with Crippen molar-refractivity contribution >= 4 is 11.8 Å². The summed E-state index contributed by atoms with van der Waals surface area (Å²) in [6.07, 6.45) is 1.03. The maximum atomic E-state index is 5.22. The van der Waals surface area contributed by atoms with Gasteiger partial charge in [0.15, 0.2) is 0 Å². The summed E-state index contributed by atoms with van der Waals surface area (Å²) < 4.78 is 5.22. The van der Waals surface area contributed by atoms with E-state index in [0.29, 0.717) is 0 Å². The third-order valence-electron chi connectivity index (χ3n) is 3.02. The van der Waals surface area contributed by atoms with Crippen molar-refractivity contribution < 1.29 is 4.74 Å². The molecule has 0 fully saturated rings. The molecule has 0 spiro atoms. The third kappa shape index (κ3) is 5.27. The molecule has 0 unspecified atom stereocenters. The summed E-state index contributed by atoms with van der Waals surface area (Å²) in [5.74, 6) is 2.03. The summed E-state index contributed by atoms with van der Waals surface area (Å²) in [7, 11) is 1.71. The summed E-state index contributed by atoms with van der Waals surface area (Å²) in [6, 6.07) is 18.8. The quantitative estimate of drug-likeness (QED) is 0.592. The molecule has 0 aliphatic heterocycles. The van der Waals surface area contributed by atoms with Gasteiger partial charge in [0.1, 0.15) is 5.75 Å². The van der Waals surface area contributed by atoms with Crippen LogP contribution in [0.25, 0.3) is 0 Å². The predicted octanol–water partition coefficient (Wildman–Crippen LogP) is 3.62. The fourth-order valence-corrected chi connectivity index (χ4v) is 2.78. The largest absolute Gasteiger partial charge is 0.497 e. The van der Waals surface area contributed by atoms with Gasteiger partial charge in [-0.15, -0.1) is 11.8 Å². The summed E-state index contributed by atoms with van der Waals surface area (Å²) in [6.45, 7) is 2.03. The number of hydrogen-bond donors (Lipinski definition) is 1. The minimum absolute atomic E-state index is 0.933. The Morgan fingerprint density at radius 3 is 2.65 bits per heavy atom. The zero-order valence-electron chi connectivity index (χ0n) is 11.8. The van der Waals surface area contributed by atoms with E-state index in [-0.39, 0.29) is 0 Å². The number of nitrogens with one attached hydrogen (secondary N) is 1. The highest BCUT2D eigenvalue weighted by Gasteiger charge is 1.96. The molecule has 0 amide bonds. The molecule has 0 aromatic heterocycles. The van der Waals surface area contributed by atoms with E-state index in [4.69, 9.17) is 4.74 Å². The van der Waals surface area contributed by atoms with Crippen molar-refractivity contribution in [1.29, 1.82) is 0 Å². The van der Waals surface area contributed by atoms with Crippen LogP contribution >= 0.6 is 11.8 Å². The lowest BCUT2D eigenvalue weighted by Gasteiger charge is -2.06. The fourth-order valence-electron chi connectivity index (χ4n) is 1.94. The second-order valence-corrected chi connectivity index (χ2v) is 5.68. The third-order valence-corrected chi connectivity index (χ3v) is 4.03. The van der Waals surface area contributed by atoms with E-state index in [1.807, 2.05) is 23.9 Å². The van der Waals surface area contributed by atoms with Crippen molar-refractivity contribution in [3.05, 3.63) is 60.2 Å². The van der Waals surface area contributed by atoms with Gasteiger partial charge < -0.3 is 10.1 Å². The van der Waals surface area contributed by atoms with Gasteiger partial charge in [0.25, 0.3) is 0 Å². The maximum absolute atomic E-state index is 5.22. The topological polar surface area (TPSA) is 21.3 Å². The summed E-state index contributed by atoms with van der Waals surface area (Å²) >= 11 is 1.89. The Bertz CT molecular complexity index is 501. The van der Waals surface area contributed by atoms with Crippen LogP contribution in [0.2, 0.25) is 0 Å². The molecular formula is C17H21NOS. The molecule has 0 radical (unpaired) electrons. The molecule has 2 aromatic carbocycles. The lowest BCUT2D eigenvalue weighted by Crippen LogP contribution is -2.20. The van der Waals surface area contributed by atoms with E-state index in [9.17, 15) is 0 Å². The Labute approximate surface area is 125 Å². The number of rotatable bonds is 8. The first-order valence-corrected chi connectivity index (χ1v) is 7.88. The number of thioether (sulfide) groups is 1. The first-order valence-electron chi connectivity index (χ1n) is 6.90. The standard InChI is InChI=1S/C17H21NOS/c1-19-16-7-5-6-15(14-16)10-11-18-12-13-20-17-8-3-2-4-9-17/h2-9,14,18H,10-13H2,1H3. The second-order valence-electron chi connectivity index (χ2n) is 4.51. The van der Waals surface area contributed by atoms with Crippen LogP contribution in [-0.4, -0.2) is 26.0 Å². The van der Waals surface area contributed by atoms with Crippen molar-refractivity contribution in [3.63, 3.8) is 0 Å². The minimum atomic E-state index is 0.933. The van der Waals surface area contributed by atoms with Gasteiger partial charge in [0.05, 0.1) is 7.11 Å². The minimum Gasteiger partial charge on any atom is -0.497 e. The zero-order chi connectivity index (χ0) is 14.0. The molecule has 2 nitrogen and oxygen atoms in total. The van der Waals surface area contributed by atoms with Crippen molar-refractivity contribution in [1.82, 2.24) is 5.32 Å². The number of methoxy groups -OCH3 is 1. The summed E-state index contributed by atoms with van der Waals surface area (Å²) in [5.41, 5.74) is 1.31. The van der Waals surface area contributed by atoms with Gasteiger partial charge in [-0.1, -0.05) is 30.3 Å². The Kier molecular flexibility index (Phi) is 6.48. The Morgan fingerprint density at radius 2 is 1.85 bits per heavy atom. The van der Waals surface area contributed by atoms with Crippen LogP contribution in [0.15, 0.2) is 59.5 Å². The molecule has 20 heavy (non-hydrogen) atoms. The Hall–Kier alpha value is -1.45. The van der Waals surface area contributed by atoms with E-state index in [0.717, 1.165) is 31.0 Å². The molecule has 0 heterocycles. The van der Waals surface area contributed by atoms with Gasteiger partial charge in [0, 0.05) is 17.2 Å². The predicted molar refractivity (Wildman–Crippen MR) is 86.7 cm³/mol. The highest BCUT2D eigenvalue weighted by atomic mass is 32.2. The SMILES string of the molecule is COc1cccc(CCNCCSc2ccccc2)c1. The van der Waals surface area contributed by atoms with Crippen LogP contribution in [0, 0.1) is 0 Å². The summed E-state index contributed by atoms with van der Waals surface area (Å²) in [5, 5.41) is 3.48. The molecule has 0 bridgehead atoms. The van der Waals surface area contributed by atoms with E-state index >= 15 is 0 Å². The molecule has 0 saturated heterocycles. The van der Waals surface area contributed by atoms with Crippen LogP contribution in [0.5, 0.6) is 5.75 Å². The van der Waals surface area contributed by atoms with Crippen molar-refractivity contribution in [2.24, 2.45) is 0 Å². The van der Waals surface area contributed by atoms with E-state index in [2.05, 4.69) is 47.8 Å². The molecule has 2 rings (SSSR count). The molecule has 0 aliphatic rings. The molecule has 2 aromatic rings. The lowest BCUT2D eigenvalue weighted by atomic mass is 10.1. The number of benzene rings is 2. The van der Waals surface area contributed by atoms with Crippen molar-refractivity contribution in [3.8, 4) is 5.75 Å². The Balaban J connectivity index is 1.59. The molecular weight excluding hydrogens is 266 g/mol. The van der Waals surface area contributed by atoms with Crippen LogP contribution in [0.3, 0.4) is 0 Å². The molecule has 1 N–H and O–H groups in total. The Morgan fingerprint density at radius 1 is 1.00 bits per heavy atom. The van der Waals surface area contributed by atoms with Crippen LogP contribution in [0.1, 0.15) is 5.56 Å². The van der Waals surface area contributed by atoms with E-state index in [1.165, 1.54) is 10.5 Å². The number of ether oxygens (including phenoxy) is 1. The van der Waals surface area contributed by atoms with Crippen molar-refractivity contribution in [2.45, 2.75) is 11.3 Å². The average molecular weight is 287 g/mol. The molecule has 106 valence electrons. The van der Waals surface area contributed by atoms with Gasteiger partial charge in [-0.05, 0) is 42.8 Å². The van der Waals surface area contributed by atoms with Crippen LogP contribution in [-0.2, 0) is 6.42 Å². The smallest absolute Gasteiger partial charge is 0.119 e. The highest BCUT2D eigenvalue weighted by molar-refractivity contribution is 7.99. The first kappa shape index (κ1) is 14.9. The van der Waals surface area contributed by atoms with Gasteiger partial charge >= 0.3 is 0 Å². The average Bonchev–Trinajstić information content (AvgIpc) is 2.52. The van der Waals surface area contributed by atoms with Crippen LogP contribution < -0.4 is 10.1 Å². The lowest BCUT2D eigenvalue weighted by molar-refractivity contribution is 0.414. The van der Waals surface area contributed by atoms with Gasteiger partial charge in [-0.2, -0.15) is 0 Å².